The van der Waals surface area contributed by atoms with Crippen LogP contribution in [0.25, 0.3) is 0 Å². The minimum atomic E-state index is -0.584. The summed E-state index contributed by atoms with van der Waals surface area (Å²) in [5, 5.41) is 2.63. The molecule has 1 heterocycles. The molecule has 0 radical (unpaired) electrons. The minimum absolute atomic E-state index is 0.281. The maximum absolute atomic E-state index is 12.6. The van der Waals surface area contributed by atoms with Crippen molar-refractivity contribution in [3.63, 3.8) is 0 Å². The Balaban J connectivity index is 2.05. The van der Waals surface area contributed by atoms with Crippen molar-refractivity contribution in [1.82, 2.24) is 4.98 Å². The summed E-state index contributed by atoms with van der Waals surface area (Å²) < 4.78 is 17.9. The van der Waals surface area contributed by atoms with Gasteiger partial charge in [-0.15, -0.1) is 0 Å². The van der Waals surface area contributed by atoms with Crippen LogP contribution in [0.5, 0.6) is 5.75 Å². The molecule has 0 bridgehead atoms. The normalized spacial score (nSPS) is 10.0. The Morgan fingerprint density at radius 1 is 1.26 bits per heavy atom. The molecule has 0 saturated carbocycles. The van der Waals surface area contributed by atoms with Gasteiger partial charge in [-0.3, -0.25) is 4.79 Å². The molecule has 0 atom stereocenters. The monoisotopic (exact) mass is 260 g/mol. The zero-order valence-electron chi connectivity index (χ0n) is 10.4. The van der Waals surface area contributed by atoms with E-state index < -0.39 is 5.95 Å². The molecule has 0 spiro atoms. The molecule has 98 valence electrons. The molecule has 0 aliphatic rings. The predicted molar refractivity (Wildman–Crippen MR) is 69.8 cm³/mol. The fourth-order valence-electron chi connectivity index (χ4n) is 1.52. The van der Waals surface area contributed by atoms with Crippen molar-refractivity contribution in [2.45, 2.75) is 6.92 Å². The summed E-state index contributed by atoms with van der Waals surface area (Å²) in [6, 6.07) is 9.42. The van der Waals surface area contributed by atoms with Gasteiger partial charge in [-0.2, -0.15) is 4.39 Å². The second-order valence-corrected chi connectivity index (χ2v) is 3.78. The van der Waals surface area contributed by atoms with Gasteiger partial charge in [0.25, 0.3) is 5.91 Å². The largest absolute Gasteiger partial charge is 0.494 e. The van der Waals surface area contributed by atoms with Crippen LogP contribution in [0.2, 0.25) is 0 Å². The first-order valence-corrected chi connectivity index (χ1v) is 5.85. The van der Waals surface area contributed by atoms with Crippen molar-refractivity contribution in [2.24, 2.45) is 0 Å². The third-order valence-corrected chi connectivity index (χ3v) is 2.41. The van der Waals surface area contributed by atoms with Gasteiger partial charge < -0.3 is 10.1 Å². The van der Waals surface area contributed by atoms with Gasteiger partial charge in [-0.25, -0.2) is 4.98 Å². The van der Waals surface area contributed by atoms with E-state index in [0.29, 0.717) is 23.6 Å². The van der Waals surface area contributed by atoms with Crippen LogP contribution in [-0.2, 0) is 0 Å². The van der Waals surface area contributed by atoms with Gasteiger partial charge in [0.1, 0.15) is 5.75 Å². The highest BCUT2D eigenvalue weighted by Gasteiger charge is 2.06. The molecule has 2 aromatic rings. The number of amides is 1. The number of pyridine rings is 1. The summed E-state index contributed by atoms with van der Waals surface area (Å²) in [5.41, 5.74) is 0.938. The molecule has 1 aromatic carbocycles. The van der Waals surface area contributed by atoms with Gasteiger partial charge in [-0.1, -0.05) is 0 Å². The van der Waals surface area contributed by atoms with Gasteiger partial charge in [0.15, 0.2) is 0 Å². The van der Waals surface area contributed by atoms with E-state index in [1.165, 1.54) is 18.3 Å². The van der Waals surface area contributed by atoms with Crippen molar-refractivity contribution < 1.29 is 13.9 Å². The van der Waals surface area contributed by atoms with E-state index >= 15 is 0 Å². The minimum Gasteiger partial charge on any atom is -0.494 e. The van der Waals surface area contributed by atoms with Crippen LogP contribution in [0.3, 0.4) is 0 Å². The summed E-state index contributed by atoms with van der Waals surface area (Å²) in [6.45, 7) is 2.47. The molecule has 4 nitrogen and oxygen atoms in total. The van der Waals surface area contributed by atoms with E-state index in [4.69, 9.17) is 4.74 Å². The Labute approximate surface area is 110 Å². The van der Waals surface area contributed by atoms with Crippen LogP contribution in [0, 0.1) is 5.95 Å². The molecule has 2 rings (SSSR count). The van der Waals surface area contributed by atoms with Gasteiger partial charge in [0.2, 0.25) is 5.95 Å². The Hall–Kier alpha value is -2.43. The van der Waals surface area contributed by atoms with Gasteiger partial charge >= 0.3 is 0 Å². The average molecular weight is 260 g/mol. The van der Waals surface area contributed by atoms with Crippen LogP contribution in [0.4, 0.5) is 10.1 Å². The predicted octanol–water partition coefficient (Wildman–Crippen LogP) is 2.87. The first kappa shape index (κ1) is 13.0. The Morgan fingerprint density at radius 3 is 2.58 bits per heavy atom. The number of carbonyl (C=O) groups is 1. The lowest BCUT2D eigenvalue weighted by atomic mass is 10.2. The summed E-state index contributed by atoms with van der Waals surface area (Å²) >= 11 is 0. The molecule has 19 heavy (non-hydrogen) atoms. The zero-order valence-corrected chi connectivity index (χ0v) is 10.4. The standard InChI is InChI=1S/C14H13FN2O2/c1-2-19-12-6-3-10(4-7-12)14(18)17-11-5-8-13(15)16-9-11/h3-9H,2H2,1H3,(H,17,18). The van der Waals surface area contributed by atoms with Crippen LogP contribution in [0.1, 0.15) is 17.3 Å². The summed E-state index contributed by atoms with van der Waals surface area (Å²) in [4.78, 5) is 15.4. The number of carbonyl (C=O) groups excluding carboxylic acids is 1. The van der Waals surface area contributed by atoms with Crippen molar-refractivity contribution >= 4 is 11.6 Å². The van der Waals surface area contributed by atoms with Crippen molar-refractivity contribution in [3.05, 3.63) is 54.1 Å². The van der Waals surface area contributed by atoms with Crippen molar-refractivity contribution in [3.8, 4) is 5.75 Å². The fraction of sp³-hybridized carbons (Fsp3) is 0.143. The molecule has 0 unspecified atom stereocenters. The molecule has 0 saturated heterocycles. The highest BCUT2D eigenvalue weighted by molar-refractivity contribution is 6.04. The van der Waals surface area contributed by atoms with E-state index in [1.54, 1.807) is 24.3 Å². The number of ether oxygens (including phenoxy) is 1. The molecular weight excluding hydrogens is 247 g/mol. The SMILES string of the molecule is CCOc1ccc(C(=O)Nc2ccc(F)nc2)cc1. The molecular formula is C14H13FN2O2. The lowest BCUT2D eigenvalue weighted by molar-refractivity contribution is 0.102. The number of benzene rings is 1. The van der Waals surface area contributed by atoms with E-state index in [1.807, 2.05) is 6.92 Å². The summed E-state index contributed by atoms with van der Waals surface area (Å²) in [7, 11) is 0. The maximum Gasteiger partial charge on any atom is 0.255 e. The zero-order chi connectivity index (χ0) is 13.7. The Bertz CT molecular complexity index is 553. The van der Waals surface area contributed by atoms with Crippen molar-refractivity contribution in [1.29, 1.82) is 0 Å². The van der Waals surface area contributed by atoms with Gasteiger partial charge in [0.05, 0.1) is 18.5 Å². The smallest absolute Gasteiger partial charge is 0.255 e. The average Bonchev–Trinajstić information content (AvgIpc) is 2.42. The van der Waals surface area contributed by atoms with E-state index in [9.17, 15) is 9.18 Å². The molecule has 0 aliphatic heterocycles. The third kappa shape index (κ3) is 3.51. The molecule has 5 heteroatoms. The molecule has 1 amide bonds. The third-order valence-electron chi connectivity index (χ3n) is 2.41. The summed E-state index contributed by atoms with van der Waals surface area (Å²) in [5.74, 6) is -0.155. The van der Waals surface area contributed by atoms with Crippen molar-refractivity contribution in [2.75, 3.05) is 11.9 Å². The second-order valence-electron chi connectivity index (χ2n) is 3.78. The van der Waals surface area contributed by atoms with Crippen LogP contribution in [0.15, 0.2) is 42.6 Å². The quantitative estimate of drug-likeness (QED) is 0.860. The molecule has 1 N–H and O–H groups in total. The van der Waals surface area contributed by atoms with Crippen LogP contribution in [-0.4, -0.2) is 17.5 Å². The highest BCUT2D eigenvalue weighted by Crippen LogP contribution is 2.14. The maximum atomic E-state index is 12.6. The first-order chi connectivity index (χ1) is 9.19. The molecule has 0 fully saturated rings. The lowest BCUT2D eigenvalue weighted by Crippen LogP contribution is -2.12. The van der Waals surface area contributed by atoms with Crippen LogP contribution < -0.4 is 10.1 Å². The fourth-order valence-corrected chi connectivity index (χ4v) is 1.52. The van der Waals surface area contributed by atoms with Gasteiger partial charge in [0, 0.05) is 5.56 Å². The number of hydrogen-bond donors (Lipinski definition) is 1. The number of hydrogen-bond acceptors (Lipinski definition) is 3. The number of aromatic nitrogens is 1. The summed E-state index contributed by atoms with van der Waals surface area (Å²) in [6.07, 6.45) is 1.27. The number of nitrogens with zero attached hydrogens (tertiary/aromatic N) is 1. The number of anilines is 1. The molecule has 1 aromatic heterocycles. The van der Waals surface area contributed by atoms with Crippen LogP contribution >= 0.6 is 0 Å². The Kier molecular flexibility index (Phi) is 4.07. The number of nitrogens with one attached hydrogen (secondary N) is 1. The second kappa shape index (κ2) is 5.95. The first-order valence-electron chi connectivity index (χ1n) is 5.85. The highest BCUT2D eigenvalue weighted by atomic mass is 19.1. The number of rotatable bonds is 4. The van der Waals surface area contributed by atoms with Gasteiger partial charge in [-0.05, 0) is 43.3 Å². The Morgan fingerprint density at radius 2 is 2.00 bits per heavy atom. The number of halogens is 1. The lowest BCUT2D eigenvalue weighted by Gasteiger charge is -2.06. The van der Waals surface area contributed by atoms with E-state index in [-0.39, 0.29) is 5.91 Å². The van der Waals surface area contributed by atoms with E-state index in [2.05, 4.69) is 10.3 Å². The van der Waals surface area contributed by atoms with E-state index in [0.717, 1.165) is 0 Å². The molecule has 0 aliphatic carbocycles. The topological polar surface area (TPSA) is 51.2 Å².